The van der Waals surface area contributed by atoms with Crippen LogP contribution in [0, 0.1) is 0 Å². The summed E-state index contributed by atoms with van der Waals surface area (Å²) in [5.74, 6) is 1.32. The first kappa shape index (κ1) is 14.8. The molecular weight excluding hydrogens is 232 g/mol. The summed E-state index contributed by atoms with van der Waals surface area (Å²) in [6, 6.07) is 3.88. The average Bonchev–Trinajstić information content (AvgIpc) is 2.38. The highest BCUT2D eigenvalue weighted by atomic mass is 16.5. The van der Waals surface area contributed by atoms with E-state index in [9.17, 15) is 5.11 Å². The molecule has 0 aliphatic heterocycles. The molecule has 0 aromatic heterocycles. The lowest BCUT2D eigenvalue weighted by Crippen LogP contribution is -2.23. The summed E-state index contributed by atoms with van der Waals surface area (Å²) in [4.78, 5) is 0. The third-order valence-electron chi connectivity index (χ3n) is 2.97. The molecule has 0 saturated carbocycles. The molecule has 0 amide bonds. The first-order valence-electron chi connectivity index (χ1n) is 5.85. The van der Waals surface area contributed by atoms with Crippen LogP contribution >= 0.6 is 0 Å². The lowest BCUT2D eigenvalue weighted by molar-refractivity contribution is 0.183. The number of benzene rings is 1. The molecule has 0 aliphatic rings. The predicted molar refractivity (Wildman–Crippen MR) is 70.4 cm³/mol. The Labute approximate surface area is 108 Å². The van der Waals surface area contributed by atoms with Crippen molar-refractivity contribution in [3.63, 3.8) is 0 Å². The number of hydrogen-bond acceptors (Lipinski definition) is 4. The van der Waals surface area contributed by atoms with E-state index in [0.717, 1.165) is 11.1 Å². The molecule has 1 N–H and O–H groups in total. The molecule has 4 nitrogen and oxygen atoms in total. The zero-order chi connectivity index (χ0) is 13.8. The second kappa shape index (κ2) is 6.07. The van der Waals surface area contributed by atoms with Crippen LogP contribution in [0.2, 0.25) is 0 Å². The third-order valence-corrected chi connectivity index (χ3v) is 2.97. The van der Waals surface area contributed by atoms with Gasteiger partial charge in [-0.1, -0.05) is 13.8 Å². The average molecular weight is 254 g/mol. The molecule has 1 aromatic carbocycles. The van der Waals surface area contributed by atoms with Crippen molar-refractivity contribution in [2.75, 3.05) is 27.9 Å². The van der Waals surface area contributed by atoms with Crippen LogP contribution in [0.3, 0.4) is 0 Å². The Morgan fingerprint density at radius 3 is 2.22 bits per heavy atom. The molecule has 0 radical (unpaired) electrons. The SMILES string of the molecule is COCc1cc(OC)c(OC)c(C(C)(C)CO)c1. The summed E-state index contributed by atoms with van der Waals surface area (Å²) in [6.45, 7) is 4.44. The van der Waals surface area contributed by atoms with E-state index in [0.29, 0.717) is 18.1 Å². The number of aliphatic hydroxyl groups is 1. The molecule has 0 unspecified atom stereocenters. The lowest BCUT2D eigenvalue weighted by Gasteiger charge is -2.26. The van der Waals surface area contributed by atoms with Crippen molar-refractivity contribution in [2.24, 2.45) is 0 Å². The second-order valence-corrected chi connectivity index (χ2v) is 4.85. The summed E-state index contributed by atoms with van der Waals surface area (Å²) in [5.41, 5.74) is 1.51. The van der Waals surface area contributed by atoms with Gasteiger partial charge in [0.2, 0.25) is 0 Å². The molecule has 102 valence electrons. The number of ether oxygens (including phenoxy) is 3. The van der Waals surface area contributed by atoms with E-state index in [1.165, 1.54) is 0 Å². The minimum Gasteiger partial charge on any atom is -0.493 e. The van der Waals surface area contributed by atoms with Crippen molar-refractivity contribution in [2.45, 2.75) is 25.9 Å². The van der Waals surface area contributed by atoms with Crippen molar-refractivity contribution in [3.8, 4) is 11.5 Å². The summed E-state index contributed by atoms with van der Waals surface area (Å²) in [5, 5.41) is 9.52. The van der Waals surface area contributed by atoms with Gasteiger partial charge in [-0.25, -0.2) is 0 Å². The molecule has 0 aliphatic carbocycles. The largest absolute Gasteiger partial charge is 0.493 e. The molecule has 0 heterocycles. The minimum absolute atomic E-state index is 0.0307. The lowest BCUT2D eigenvalue weighted by atomic mass is 9.84. The quantitative estimate of drug-likeness (QED) is 0.844. The van der Waals surface area contributed by atoms with Gasteiger partial charge in [0.15, 0.2) is 11.5 Å². The van der Waals surface area contributed by atoms with E-state index < -0.39 is 5.41 Å². The fraction of sp³-hybridized carbons (Fsp3) is 0.571. The second-order valence-electron chi connectivity index (χ2n) is 4.85. The van der Waals surface area contributed by atoms with Gasteiger partial charge in [0.25, 0.3) is 0 Å². The highest BCUT2D eigenvalue weighted by molar-refractivity contribution is 5.52. The molecule has 0 atom stereocenters. The van der Waals surface area contributed by atoms with Crippen LogP contribution in [0.1, 0.15) is 25.0 Å². The minimum atomic E-state index is -0.400. The molecule has 0 saturated heterocycles. The van der Waals surface area contributed by atoms with E-state index >= 15 is 0 Å². The molecular formula is C14H22O4. The molecule has 0 bridgehead atoms. The van der Waals surface area contributed by atoms with E-state index in [1.807, 2.05) is 26.0 Å². The third kappa shape index (κ3) is 2.94. The number of methoxy groups -OCH3 is 3. The molecule has 1 aromatic rings. The maximum Gasteiger partial charge on any atom is 0.164 e. The van der Waals surface area contributed by atoms with Crippen molar-refractivity contribution in [3.05, 3.63) is 23.3 Å². The summed E-state index contributed by atoms with van der Waals surface area (Å²) < 4.78 is 15.9. The van der Waals surface area contributed by atoms with E-state index in [1.54, 1.807) is 21.3 Å². The summed E-state index contributed by atoms with van der Waals surface area (Å²) in [6.07, 6.45) is 0. The van der Waals surface area contributed by atoms with Crippen LogP contribution in [0.4, 0.5) is 0 Å². The highest BCUT2D eigenvalue weighted by Gasteiger charge is 2.26. The van der Waals surface area contributed by atoms with Gasteiger partial charge in [0.1, 0.15) is 0 Å². The molecule has 0 spiro atoms. The standard InChI is InChI=1S/C14H22O4/c1-14(2,9-15)11-6-10(8-16-3)7-12(17-4)13(11)18-5/h6-7,15H,8-9H2,1-5H3. The Hall–Kier alpha value is -1.26. The normalized spacial score (nSPS) is 11.4. The van der Waals surface area contributed by atoms with E-state index in [2.05, 4.69) is 0 Å². The molecule has 1 rings (SSSR count). The van der Waals surface area contributed by atoms with Crippen LogP contribution < -0.4 is 9.47 Å². The van der Waals surface area contributed by atoms with Crippen molar-refractivity contribution in [1.29, 1.82) is 0 Å². The van der Waals surface area contributed by atoms with Crippen molar-refractivity contribution >= 4 is 0 Å². The fourth-order valence-corrected chi connectivity index (χ4v) is 1.86. The Bertz CT molecular complexity index is 399. The summed E-state index contributed by atoms with van der Waals surface area (Å²) in [7, 11) is 4.85. The van der Waals surface area contributed by atoms with E-state index in [-0.39, 0.29) is 6.61 Å². The molecule has 18 heavy (non-hydrogen) atoms. The van der Waals surface area contributed by atoms with Gasteiger partial charge in [-0.15, -0.1) is 0 Å². The Morgan fingerprint density at radius 2 is 1.78 bits per heavy atom. The van der Waals surface area contributed by atoms with Crippen molar-refractivity contribution in [1.82, 2.24) is 0 Å². The van der Waals surface area contributed by atoms with Gasteiger partial charge in [0.05, 0.1) is 27.4 Å². The van der Waals surface area contributed by atoms with Crippen LogP contribution in [-0.4, -0.2) is 33.0 Å². The van der Waals surface area contributed by atoms with E-state index in [4.69, 9.17) is 14.2 Å². The zero-order valence-electron chi connectivity index (χ0n) is 11.7. The highest BCUT2D eigenvalue weighted by Crippen LogP contribution is 2.39. The number of rotatable bonds is 6. The molecule has 0 fully saturated rings. The van der Waals surface area contributed by atoms with Crippen LogP contribution in [0.15, 0.2) is 12.1 Å². The van der Waals surface area contributed by atoms with Crippen LogP contribution in [0.5, 0.6) is 11.5 Å². The number of aliphatic hydroxyl groups excluding tert-OH is 1. The van der Waals surface area contributed by atoms with Gasteiger partial charge in [-0.05, 0) is 17.7 Å². The smallest absolute Gasteiger partial charge is 0.164 e. The van der Waals surface area contributed by atoms with Gasteiger partial charge in [-0.3, -0.25) is 0 Å². The summed E-state index contributed by atoms with van der Waals surface area (Å²) >= 11 is 0. The number of hydrogen-bond donors (Lipinski definition) is 1. The Kier molecular flexibility index (Phi) is 4.99. The van der Waals surface area contributed by atoms with Gasteiger partial charge in [0, 0.05) is 18.1 Å². The Balaban J connectivity index is 3.40. The molecule has 4 heteroatoms. The fourth-order valence-electron chi connectivity index (χ4n) is 1.86. The topological polar surface area (TPSA) is 47.9 Å². The van der Waals surface area contributed by atoms with Gasteiger partial charge >= 0.3 is 0 Å². The first-order chi connectivity index (χ1) is 8.50. The van der Waals surface area contributed by atoms with Crippen LogP contribution in [-0.2, 0) is 16.8 Å². The van der Waals surface area contributed by atoms with Gasteiger partial charge < -0.3 is 19.3 Å². The van der Waals surface area contributed by atoms with Crippen molar-refractivity contribution < 1.29 is 19.3 Å². The predicted octanol–water partition coefficient (Wildman–Crippen LogP) is 2.12. The Morgan fingerprint density at radius 1 is 1.11 bits per heavy atom. The van der Waals surface area contributed by atoms with Gasteiger partial charge in [-0.2, -0.15) is 0 Å². The monoisotopic (exact) mass is 254 g/mol. The maximum absolute atomic E-state index is 9.52. The van der Waals surface area contributed by atoms with Crippen LogP contribution in [0.25, 0.3) is 0 Å². The maximum atomic E-state index is 9.52. The zero-order valence-corrected chi connectivity index (χ0v) is 11.7. The first-order valence-corrected chi connectivity index (χ1v) is 5.85.